The Morgan fingerprint density at radius 3 is 2.35 bits per heavy atom. The number of carbonyl (C=O) groups excluding carboxylic acids is 2. The molecule has 3 aromatic carbocycles. The SMILES string of the molecule is COc1cc2nc(NC(=O)C(Oc3ccc(C(=O)N4CCNCC4)cc3)c3ccc(C#N)cc3)sc2cc1OC. The molecule has 10 nitrogen and oxygen atoms in total. The second kappa shape index (κ2) is 12.0. The number of amides is 2. The van der Waals surface area contributed by atoms with Crippen LogP contribution in [-0.4, -0.2) is 62.1 Å². The number of hydrogen-bond acceptors (Lipinski definition) is 9. The van der Waals surface area contributed by atoms with Crippen LogP contribution in [0.15, 0.2) is 60.7 Å². The van der Waals surface area contributed by atoms with E-state index in [1.54, 1.807) is 74.9 Å². The molecular formula is C29H27N5O5S. The Bertz CT molecular complexity index is 1520. The van der Waals surface area contributed by atoms with E-state index >= 15 is 0 Å². The average Bonchev–Trinajstić information content (AvgIpc) is 3.40. The minimum atomic E-state index is -1.04. The van der Waals surface area contributed by atoms with Crippen LogP contribution in [-0.2, 0) is 4.79 Å². The molecule has 1 unspecified atom stereocenters. The van der Waals surface area contributed by atoms with E-state index in [1.807, 2.05) is 4.90 Å². The molecule has 0 spiro atoms. The number of piperazine rings is 1. The Hall–Kier alpha value is -4.66. The second-order valence-corrected chi connectivity index (χ2v) is 10.0. The summed E-state index contributed by atoms with van der Waals surface area (Å²) in [6.07, 6.45) is -1.04. The van der Waals surface area contributed by atoms with Crippen LogP contribution in [0.2, 0.25) is 0 Å². The van der Waals surface area contributed by atoms with Gasteiger partial charge in [-0.2, -0.15) is 5.26 Å². The standard InChI is InChI=1S/C29H27N5O5S/c1-37-23-15-22-25(16-24(23)38-2)40-29(32-22)33-27(35)26(19-5-3-18(17-30)4-6-19)39-21-9-7-20(8-10-21)28(36)34-13-11-31-12-14-34/h3-10,15-16,26,31H,11-14H2,1-2H3,(H,32,33,35). The molecule has 1 saturated heterocycles. The quantitative estimate of drug-likeness (QED) is 0.333. The van der Waals surface area contributed by atoms with Gasteiger partial charge in [0, 0.05) is 49.4 Å². The molecule has 1 fully saturated rings. The first-order valence-corrected chi connectivity index (χ1v) is 13.4. The van der Waals surface area contributed by atoms with Gasteiger partial charge in [-0.1, -0.05) is 23.5 Å². The maximum Gasteiger partial charge on any atom is 0.271 e. The number of nitrogens with zero attached hydrogens (tertiary/aromatic N) is 3. The Balaban J connectivity index is 1.38. The molecule has 204 valence electrons. The number of rotatable bonds is 8. The van der Waals surface area contributed by atoms with Gasteiger partial charge < -0.3 is 24.4 Å². The van der Waals surface area contributed by atoms with Crippen LogP contribution < -0.4 is 24.8 Å². The van der Waals surface area contributed by atoms with E-state index in [0.29, 0.717) is 57.7 Å². The van der Waals surface area contributed by atoms with E-state index in [4.69, 9.17) is 14.2 Å². The molecule has 11 heteroatoms. The van der Waals surface area contributed by atoms with Crippen LogP contribution in [0.1, 0.15) is 27.6 Å². The summed E-state index contributed by atoms with van der Waals surface area (Å²) < 4.78 is 17.7. The molecule has 0 radical (unpaired) electrons. The van der Waals surface area contributed by atoms with Crippen molar-refractivity contribution in [3.05, 3.63) is 77.4 Å². The third kappa shape index (κ3) is 5.83. The van der Waals surface area contributed by atoms with Crippen LogP contribution >= 0.6 is 11.3 Å². The van der Waals surface area contributed by atoms with Crippen molar-refractivity contribution in [2.24, 2.45) is 0 Å². The molecule has 0 aliphatic carbocycles. The van der Waals surface area contributed by atoms with Crippen molar-refractivity contribution in [3.63, 3.8) is 0 Å². The van der Waals surface area contributed by atoms with Gasteiger partial charge in [-0.25, -0.2) is 4.98 Å². The van der Waals surface area contributed by atoms with Crippen molar-refractivity contribution in [3.8, 4) is 23.3 Å². The topological polar surface area (TPSA) is 126 Å². The predicted molar refractivity (Wildman–Crippen MR) is 151 cm³/mol. The van der Waals surface area contributed by atoms with Crippen molar-refractivity contribution in [2.45, 2.75) is 6.10 Å². The molecule has 40 heavy (non-hydrogen) atoms. The molecule has 0 bridgehead atoms. The lowest BCUT2D eigenvalue weighted by atomic mass is 10.1. The van der Waals surface area contributed by atoms with Crippen LogP contribution in [0.3, 0.4) is 0 Å². The van der Waals surface area contributed by atoms with Crippen molar-refractivity contribution in [1.29, 1.82) is 5.26 Å². The van der Waals surface area contributed by atoms with Crippen molar-refractivity contribution >= 4 is 38.5 Å². The first-order valence-electron chi connectivity index (χ1n) is 12.6. The van der Waals surface area contributed by atoms with E-state index in [-0.39, 0.29) is 5.91 Å². The summed E-state index contributed by atoms with van der Waals surface area (Å²) in [6, 6.07) is 19.0. The highest BCUT2D eigenvalue weighted by Gasteiger charge is 2.25. The monoisotopic (exact) mass is 557 g/mol. The zero-order valence-corrected chi connectivity index (χ0v) is 22.8. The summed E-state index contributed by atoms with van der Waals surface area (Å²) in [4.78, 5) is 32.7. The number of aromatic nitrogens is 1. The molecule has 2 amide bonds. The lowest BCUT2D eigenvalue weighted by molar-refractivity contribution is -0.123. The predicted octanol–water partition coefficient (Wildman–Crippen LogP) is 3.99. The Kier molecular flexibility index (Phi) is 8.10. The molecule has 1 atom stereocenters. The molecule has 1 aromatic heterocycles. The third-order valence-corrected chi connectivity index (χ3v) is 7.40. The summed E-state index contributed by atoms with van der Waals surface area (Å²) in [5.41, 5.74) is 2.22. The normalized spacial score (nSPS) is 13.8. The molecule has 1 aliphatic heterocycles. The van der Waals surface area contributed by atoms with Crippen molar-refractivity contribution in [2.75, 3.05) is 45.7 Å². The maximum absolute atomic E-state index is 13.5. The molecule has 4 aromatic rings. The zero-order valence-electron chi connectivity index (χ0n) is 22.0. The number of ether oxygens (including phenoxy) is 3. The van der Waals surface area contributed by atoms with Gasteiger partial charge >= 0.3 is 0 Å². The van der Waals surface area contributed by atoms with Crippen molar-refractivity contribution < 1.29 is 23.8 Å². The van der Waals surface area contributed by atoms with Crippen LogP contribution in [0.5, 0.6) is 17.2 Å². The molecule has 1 aliphatic rings. The van der Waals surface area contributed by atoms with Gasteiger partial charge in [0.2, 0.25) is 6.10 Å². The number of fused-ring (bicyclic) bond motifs is 1. The Labute approximate surface area is 235 Å². The number of thiazole rings is 1. The highest BCUT2D eigenvalue weighted by atomic mass is 32.1. The fourth-order valence-corrected chi connectivity index (χ4v) is 5.23. The maximum atomic E-state index is 13.5. The highest BCUT2D eigenvalue weighted by Crippen LogP contribution is 2.36. The van der Waals surface area contributed by atoms with E-state index in [2.05, 4.69) is 21.7 Å². The summed E-state index contributed by atoms with van der Waals surface area (Å²) in [5, 5.41) is 15.7. The molecule has 2 heterocycles. The summed E-state index contributed by atoms with van der Waals surface area (Å²) in [5.74, 6) is 1.03. The molecule has 0 saturated carbocycles. The lowest BCUT2D eigenvalue weighted by Gasteiger charge is -2.27. The lowest BCUT2D eigenvalue weighted by Crippen LogP contribution is -2.46. The van der Waals surface area contributed by atoms with Gasteiger partial charge in [0.05, 0.1) is 36.1 Å². The zero-order chi connectivity index (χ0) is 28.1. The summed E-state index contributed by atoms with van der Waals surface area (Å²) >= 11 is 1.29. The van der Waals surface area contributed by atoms with Crippen LogP contribution in [0.4, 0.5) is 5.13 Å². The van der Waals surface area contributed by atoms with Gasteiger partial charge in [0.25, 0.3) is 11.8 Å². The highest BCUT2D eigenvalue weighted by molar-refractivity contribution is 7.22. The van der Waals surface area contributed by atoms with Crippen LogP contribution in [0.25, 0.3) is 10.2 Å². The van der Waals surface area contributed by atoms with E-state index in [1.165, 1.54) is 11.3 Å². The minimum Gasteiger partial charge on any atom is -0.493 e. The summed E-state index contributed by atoms with van der Waals surface area (Å²) in [6.45, 7) is 2.85. The average molecular weight is 558 g/mol. The molecular weight excluding hydrogens is 530 g/mol. The van der Waals surface area contributed by atoms with Gasteiger partial charge in [0.1, 0.15) is 5.75 Å². The van der Waals surface area contributed by atoms with Gasteiger partial charge in [0.15, 0.2) is 16.6 Å². The first-order chi connectivity index (χ1) is 19.5. The fraction of sp³-hybridized carbons (Fsp3) is 0.241. The first kappa shape index (κ1) is 26.9. The van der Waals surface area contributed by atoms with Gasteiger partial charge in [-0.15, -0.1) is 0 Å². The largest absolute Gasteiger partial charge is 0.493 e. The third-order valence-electron chi connectivity index (χ3n) is 6.46. The van der Waals surface area contributed by atoms with Crippen LogP contribution in [0, 0.1) is 11.3 Å². The van der Waals surface area contributed by atoms with E-state index in [9.17, 15) is 14.9 Å². The minimum absolute atomic E-state index is 0.0430. The van der Waals surface area contributed by atoms with Gasteiger partial charge in [-0.05, 0) is 36.4 Å². The number of benzene rings is 3. The Morgan fingerprint density at radius 1 is 1.02 bits per heavy atom. The number of carbonyl (C=O) groups is 2. The number of nitrogens with one attached hydrogen (secondary N) is 2. The molecule has 2 N–H and O–H groups in total. The number of methoxy groups -OCH3 is 2. The fourth-order valence-electron chi connectivity index (χ4n) is 4.35. The van der Waals surface area contributed by atoms with E-state index in [0.717, 1.165) is 17.8 Å². The van der Waals surface area contributed by atoms with Gasteiger partial charge in [-0.3, -0.25) is 14.9 Å². The smallest absolute Gasteiger partial charge is 0.271 e. The van der Waals surface area contributed by atoms with Crippen molar-refractivity contribution in [1.82, 2.24) is 15.2 Å². The second-order valence-electron chi connectivity index (χ2n) is 8.98. The summed E-state index contributed by atoms with van der Waals surface area (Å²) in [7, 11) is 3.10. The Morgan fingerprint density at radius 2 is 1.70 bits per heavy atom. The number of anilines is 1. The number of hydrogen-bond donors (Lipinski definition) is 2. The van der Waals surface area contributed by atoms with E-state index < -0.39 is 12.0 Å². The molecule has 5 rings (SSSR count). The number of nitriles is 1.